The fourth-order valence-corrected chi connectivity index (χ4v) is 4.63. The van der Waals surface area contributed by atoms with Crippen molar-refractivity contribution in [3.8, 4) is 0 Å². The first kappa shape index (κ1) is 15.8. The Morgan fingerprint density at radius 1 is 1.42 bits per heavy atom. The van der Waals surface area contributed by atoms with Crippen LogP contribution in [0.1, 0.15) is 43.9 Å². The minimum absolute atomic E-state index is 0.421. The van der Waals surface area contributed by atoms with E-state index in [2.05, 4.69) is 33.8 Å². The van der Waals surface area contributed by atoms with Gasteiger partial charge in [0.15, 0.2) is 0 Å². The highest BCUT2D eigenvalue weighted by Gasteiger charge is 2.24. The summed E-state index contributed by atoms with van der Waals surface area (Å²) >= 11 is 11.3. The van der Waals surface area contributed by atoms with Gasteiger partial charge in [-0.25, -0.2) is 0 Å². The van der Waals surface area contributed by atoms with Crippen LogP contribution in [0, 0.1) is 0 Å². The van der Waals surface area contributed by atoms with Crippen LogP contribution in [0.5, 0.6) is 0 Å². The van der Waals surface area contributed by atoms with E-state index in [1.54, 1.807) is 11.3 Å². The van der Waals surface area contributed by atoms with Crippen LogP contribution < -0.4 is 5.73 Å². The lowest BCUT2D eigenvalue weighted by Crippen LogP contribution is -2.40. The molecule has 0 bridgehead atoms. The zero-order valence-corrected chi connectivity index (χ0v) is 14.5. The van der Waals surface area contributed by atoms with Crippen molar-refractivity contribution in [3.63, 3.8) is 0 Å². The van der Waals surface area contributed by atoms with Gasteiger partial charge in [-0.2, -0.15) is 0 Å². The van der Waals surface area contributed by atoms with Crippen LogP contribution in [0.3, 0.4) is 0 Å². The molecule has 1 aliphatic carbocycles. The van der Waals surface area contributed by atoms with E-state index < -0.39 is 0 Å². The second kappa shape index (κ2) is 7.41. The highest BCUT2D eigenvalue weighted by molar-refractivity contribution is 9.10. The number of hydrogen-bond donors (Lipinski definition) is 1. The Labute approximate surface area is 133 Å². The van der Waals surface area contributed by atoms with E-state index in [4.69, 9.17) is 17.3 Å². The maximum absolute atomic E-state index is 6.13. The lowest BCUT2D eigenvalue weighted by Gasteiger charge is -2.35. The number of halogens is 2. The molecule has 0 amide bonds. The summed E-state index contributed by atoms with van der Waals surface area (Å²) in [6.07, 6.45) is 6.01. The highest BCUT2D eigenvalue weighted by Crippen LogP contribution is 2.33. The standard InChI is InChI=1S/C14H22BrClN2S/c1-2-7-18(11-5-3-10(17)4-6-11)9-12-8-13(15)14(16)19-12/h8,10-11H,2-7,9,17H2,1H3. The van der Waals surface area contributed by atoms with Gasteiger partial charge in [0.2, 0.25) is 0 Å². The molecule has 1 fully saturated rings. The lowest BCUT2D eigenvalue weighted by molar-refractivity contribution is 0.143. The van der Waals surface area contributed by atoms with Crippen LogP contribution in [-0.2, 0) is 6.54 Å². The summed E-state index contributed by atoms with van der Waals surface area (Å²) in [5.41, 5.74) is 6.01. The lowest BCUT2D eigenvalue weighted by atomic mass is 9.90. The summed E-state index contributed by atoms with van der Waals surface area (Å²) in [5, 5.41) is 0. The van der Waals surface area contributed by atoms with E-state index in [1.165, 1.54) is 37.0 Å². The van der Waals surface area contributed by atoms with Crippen LogP contribution in [0.2, 0.25) is 4.34 Å². The molecule has 2 N–H and O–H groups in total. The van der Waals surface area contributed by atoms with Crippen LogP contribution in [0.15, 0.2) is 10.5 Å². The molecule has 2 rings (SSSR count). The number of nitrogens with two attached hydrogens (primary N) is 1. The zero-order valence-electron chi connectivity index (χ0n) is 11.4. The minimum Gasteiger partial charge on any atom is -0.328 e. The van der Waals surface area contributed by atoms with Gasteiger partial charge in [0.05, 0.1) is 0 Å². The molecule has 0 aromatic carbocycles. The summed E-state index contributed by atoms with van der Waals surface area (Å²) in [7, 11) is 0. The molecule has 1 saturated carbocycles. The van der Waals surface area contributed by atoms with Crippen molar-refractivity contribution in [1.82, 2.24) is 4.90 Å². The first-order chi connectivity index (χ1) is 9.10. The summed E-state index contributed by atoms with van der Waals surface area (Å²) in [6.45, 7) is 4.43. The summed E-state index contributed by atoms with van der Waals surface area (Å²) < 4.78 is 1.88. The molecular weight excluding hydrogens is 344 g/mol. The second-order valence-electron chi connectivity index (χ2n) is 5.37. The smallest absolute Gasteiger partial charge is 0.107 e. The molecule has 1 aromatic heterocycles. The Morgan fingerprint density at radius 2 is 2.11 bits per heavy atom. The van der Waals surface area contributed by atoms with E-state index in [-0.39, 0.29) is 0 Å². The van der Waals surface area contributed by atoms with Crippen molar-refractivity contribution >= 4 is 38.9 Å². The largest absolute Gasteiger partial charge is 0.328 e. The predicted octanol–water partition coefficient (Wildman–Crippen LogP) is 4.65. The number of thiophene rings is 1. The van der Waals surface area contributed by atoms with Gasteiger partial charge in [0.1, 0.15) is 4.34 Å². The van der Waals surface area contributed by atoms with Crippen LogP contribution in [-0.4, -0.2) is 23.5 Å². The molecule has 1 aromatic rings. The summed E-state index contributed by atoms with van der Waals surface area (Å²) in [5.74, 6) is 0. The van der Waals surface area contributed by atoms with Crippen molar-refractivity contribution in [1.29, 1.82) is 0 Å². The third-order valence-corrected chi connectivity index (χ3v) is 6.28. The highest BCUT2D eigenvalue weighted by atomic mass is 79.9. The van der Waals surface area contributed by atoms with E-state index in [0.717, 1.165) is 21.9 Å². The normalized spacial score (nSPS) is 24.1. The van der Waals surface area contributed by atoms with Crippen LogP contribution in [0.4, 0.5) is 0 Å². The Bertz CT molecular complexity index is 383. The average molecular weight is 366 g/mol. The van der Waals surface area contributed by atoms with E-state index in [1.807, 2.05) is 0 Å². The minimum atomic E-state index is 0.421. The first-order valence-electron chi connectivity index (χ1n) is 7.03. The van der Waals surface area contributed by atoms with E-state index >= 15 is 0 Å². The molecule has 0 spiro atoms. The number of rotatable bonds is 5. The third kappa shape index (κ3) is 4.43. The van der Waals surface area contributed by atoms with Gasteiger partial charge in [0, 0.05) is 28.0 Å². The molecule has 0 unspecified atom stereocenters. The van der Waals surface area contributed by atoms with Gasteiger partial charge in [0.25, 0.3) is 0 Å². The quantitative estimate of drug-likeness (QED) is 0.823. The molecule has 0 radical (unpaired) electrons. The molecule has 2 nitrogen and oxygen atoms in total. The summed E-state index contributed by atoms with van der Waals surface area (Å²) in [4.78, 5) is 3.96. The molecule has 19 heavy (non-hydrogen) atoms. The van der Waals surface area contributed by atoms with Gasteiger partial charge in [-0.1, -0.05) is 18.5 Å². The molecule has 5 heteroatoms. The topological polar surface area (TPSA) is 29.3 Å². The monoisotopic (exact) mass is 364 g/mol. The van der Waals surface area contributed by atoms with Gasteiger partial charge in [-0.15, -0.1) is 11.3 Å². The molecule has 108 valence electrons. The SMILES string of the molecule is CCCN(Cc1cc(Br)c(Cl)s1)C1CCC(N)CC1. The van der Waals surface area contributed by atoms with Crippen molar-refractivity contribution in [2.45, 2.75) is 57.7 Å². The third-order valence-electron chi connectivity index (χ3n) is 3.82. The Hall–Kier alpha value is 0.390. The fourth-order valence-electron chi connectivity index (χ4n) is 2.81. The average Bonchev–Trinajstić information content (AvgIpc) is 2.69. The van der Waals surface area contributed by atoms with Gasteiger partial charge in [-0.05, 0) is 60.6 Å². The van der Waals surface area contributed by atoms with Crippen molar-refractivity contribution in [3.05, 3.63) is 19.8 Å². The van der Waals surface area contributed by atoms with Gasteiger partial charge in [-0.3, -0.25) is 4.90 Å². The Kier molecular flexibility index (Phi) is 6.15. The Balaban J connectivity index is 1.99. The molecular formula is C14H22BrClN2S. The first-order valence-corrected chi connectivity index (χ1v) is 9.02. The van der Waals surface area contributed by atoms with Crippen LogP contribution >= 0.6 is 38.9 Å². The van der Waals surface area contributed by atoms with Crippen molar-refractivity contribution < 1.29 is 0 Å². The number of nitrogens with zero attached hydrogens (tertiary/aromatic N) is 1. The van der Waals surface area contributed by atoms with Gasteiger partial charge >= 0.3 is 0 Å². The van der Waals surface area contributed by atoms with Gasteiger partial charge < -0.3 is 5.73 Å². The van der Waals surface area contributed by atoms with Crippen molar-refractivity contribution in [2.24, 2.45) is 5.73 Å². The molecule has 0 aliphatic heterocycles. The van der Waals surface area contributed by atoms with E-state index in [9.17, 15) is 0 Å². The van der Waals surface area contributed by atoms with E-state index in [0.29, 0.717) is 12.1 Å². The summed E-state index contributed by atoms with van der Waals surface area (Å²) in [6, 6.07) is 3.27. The second-order valence-corrected chi connectivity index (χ2v) is 7.97. The number of hydrogen-bond acceptors (Lipinski definition) is 3. The zero-order chi connectivity index (χ0) is 13.8. The predicted molar refractivity (Wildman–Crippen MR) is 88.0 cm³/mol. The maximum Gasteiger partial charge on any atom is 0.107 e. The molecule has 1 aliphatic rings. The fraction of sp³-hybridized carbons (Fsp3) is 0.714. The van der Waals surface area contributed by atoms with Crippen molar-refractivity contribution in [2.75, 3.05) is 6.54 Å². The molecule has 0 saturated heterocycles. The molecule has 1 heterocycles. The molecule has 0 atom stereocenters. The maximum atomic E-state index is 6.13. The Morgan fingerprint density at radius 3 is 2.63 bits per heavy atom. The van der Waals surface area contributed by atoms with Crippen LogP contribution in [0.25, 0.3) is 0 Å².